The van der Waals surface area contributed by atoms with Crippen LogP contribution in [0, 0.1) is 0 Å². The number of benzene rings is 8. The molecule has 1 aliphatic carbocycles. The van der Waals surface area contributed by atoms with E-state index in [1.807, 2.05) is 0 Å². The van der Waals surface area contributed by atoms with Gasteiger partial charge >= 0.3 is 0 Å². The molecule has 0 heterocycles. The molecule has 0 aliphatic heterocycles. The second-order valence-electron chi connectivity index (χ2n) is 12.8. The summed E-state index contributed by atoms with van der Waals surface area (Å²) in [5, 5.41) is 7.65. The fourth-order valence-electron chi connectivity index (χ4n) is 7.62. The van der Waals surface area contributed by atoms with Crippen LogP contribution in [-0.2, 0) is 0 Å². The zero-order valence-electron chi connectivity index (χ0n) is 26.7. The van der Waals surface area contributed by atoms with Crippen molar-refractivity contribution in [3.63, 3.8) is 0 Å². The van der Waals surface area contributed by atoms with Crippen LogP contribution in [0.2, 0.25) is 0 Å². The van der Waals surface area contributed by atoms with Crippen molar-refractivity contribution in [2.24, 2.45) is 0 Å². The van der Waals surface area contributed by atoms with Gasteiger partial charge in [0.15, 0.2) is 0 Å². The summed E-state index contributed by atoms with van der Waals surface area (Å²) in [5.41, 5.74) is 12.8. The first-order chi connectivity index (χ1) is 23.8. The Morgan fingerprint density at radius 1 is 0.354 bits per heavy atom. The summed E-state index contributed by atoms with van der Waals surface area (Å²) in [6.45, 7) is 0. The third-order valence-electron chi connectivity index (χ3n) is 9.96. The average molecular weight is 611 g/mol. The van der Waals surface area contributed by atoms with Gasteiger partial charge in [-0.3, -0.25) is 0 Å². The maximum Gasteiger partial charge on any atom is -0.00264 e. The van der Waals surface area contributed by atoms with Gasteiger partial charge in [-0.05, 0) is 107 Å². The third-order valence-corrected chi connectivity index (χ3v) is 9.96. The molecule has 0 saturated carbocycles. The first kappa shape index (κ1) is 28.3. The third kappa shape index (κ3) is 4.94. The molecular formula is C48H34. The molecule has 0 spiro atoms. The van der Waals surface area contributed by atoms with Gasteiger partial charge in [-0.2, -0.15) is 0 Å². The van der Waals surface area contributed by atoms with Crippen LogP contribution in [-0.4, -0.2) is 0 Å². The SMILES string of the molecule is C1=CCCC(c2cccc(-c3ccc(-c4c5ccccc5c(-c5ccc(-c6cccc7ccccc67)cc5)c5ccccc45)cc3)c2)=C1. The van der Waals surface area contributed by atoms with Crippen LogP contribution < -0.4 is 0 Å². The first-order valence-corrected chi connectivity index (χ1v) is 16.9. The van der Waals surface area contributed by atoms with E-state index < -0.39 is 0 Å². The highest BCUT2D eigenvalue weighted by molar-refractivity contribution is 6.21. The Morgan fingerprint density at radius 2 is 0.854 bits per heavy atom. The fourth-order valence-corrected chi connectivity index (χ4v) is 7.62. The Hall–Kier alpha value is -5.98. The van der Waals surface area contributed by atoms with E-state index in [0.717, 1.165) is 12.8 Å². The van der Waals surface area contributed by atoms with E-state index in [1.165, 1.54) is 88.0 Å². The standard InChI is InChI=1S/C48H34/c1-2-12-33(13-3-1)39-16-10-17-40(32-39)34-24-28-37(29-25-34)47-43-19-6-8-21-45(43)48(46-22-9-7-20-44(46)47)38-30-26-36(27-31-38)42-23-11-15-35-14-4-5-18-41(35)42/h1-2,4-12,14-32H,3,13H2. The van der Waals surface area contributed by atoms with Crippen molar-refractivity contribution in [3.8, 4) is 44.5 Å². The molecular weight excluding hydrogens is 577 g/mol. The van der Waals surface area contributed by atoms with Gasteiger partial charge < -0.3 is 0 Å². The monoisotopic (exact) mass is 610 g/mol. The normalized spacial score (nSPS) is 12.9. The number of fused-ring (bicyclic) bond motifs is 3. The molecule has 0 heteroatoms. The molecule has 1 aliphatic rings. The van der Waals surface area contributed by atoms with E-state index >= 15 is 0 Å². The van der Waals surface area contributed by atoms with E-state index in [4.69, 9.17) is 0 Å². The molecule has 0 nitrogen and oxygen atoms in total. The number of allylic oxidation sites excluding steroid dienone is 4. The molecule has 9 rings (SSSR count). The van der Waals surface area contributed by atoms with Crippen LogP contribution in [0.5, 0.6) is 0 Å². The van der Waals surface area contributed by atoms with Crippen molar-refractivity contribution >= 4 is 37.9 Å². The first-order valence-electron chi connectivity index (χ1n) is 16.9. The quantitative estimate of drug-likeness (QED) is 0.170. The van der Waals surface area contributed by atoms with Gasteiger partial charge in [0.05, 0.1) is 0 Å². The van der Waals surface area contributed by atoms with Crippen molar-refractivity contribution < 1.29 is 0 Å². The lowest BCUT2D eigenvalue weighted by Gasteiger charge is -2.18. The van der Waals surface area contributed by atoms with Crippen LogP contribution in [0.3, 0.4) is 0 Å². The predicted molar refractivity (Wildman–Crippen MR) is 207 cm³/mol. The van der Waals surface area contributed by atoms with Gasteiger partial charge in [0, 0.05) is 0 Å². The summed E-state index contributed by atoms with van der Waals surface area (Å²) >= 11 is 0. The van der Waals surface area contributed by atoms with Crippen molar-refractivity contribution in [2.75, 3.05) is 0 Å². The largest absolute Gasteiger partial charge is 0.0842 e. The van der Waals surface area contributed by atoms with E-state index in [2.05, 4.69) is 182 Å². The van der Waals surface area contributed by atoms with Crippen molar-refractivity contribution in [1.82, 2.24) is 0 Å². The second kappa shape index (κ2) is 12.0. The van der Waals surface area contributed by atoms with E-state index in [-0.39, 0.29) is 0 Å². The molecule has 0 radical (unpaired) electrons. The number of hydrogen-bond acceptors (Lipinski definition) is 0. The molecule has 8 aromatic carbocycles. The lowest BCUT2D eigenvalue weighted by Crippen LogP contribution is -1.91. The fraction of sp³-hybridized carbons (Fsp3) is 0.0417. The molecule has 0 amide bonds. The molecule has 0 unspecified atom stereocenters. The number of rotatable bonds is 5. The lowest BCUT2D eigenvalue weighted by atomic mass is 9.85. The van der Waals surface area contributed by atoms with Crippen LogP contribution in [0.1, 0.15) is 18.4 Å². The molecule has 226 valence electrons. The summed E-state index contributed by atoms with van der Waals surface area (Å²) in [6.07, 6.45) is 8.90. The summed E-state index contributed by atoms with van der Waals surface area (Å²) in [7, 11) is 0. The Morgan fingerprint density at radius 3 is 1.46 bits per heavy atom. The smallest absolute Gasteiger partial charge is 0.00264 e. The van der Waals surface area contributed by atoms with Crippen LogP contribution >= 0.6 is 0 Å². The van der Waals surface area contributed by atoms with Crippen molar-refractivity contribution in [3.05, 3.63) is 188 Å². The zero-order valence-corrected chi connectivity index (χ0v) is 26.7. The molecule has 0 atom stereocenters. The van der Waals surface area contributed by atoms with Gasteiger partial charge in [0.25, 0.3) is 0 Å². The lowest BCUT2D eigenvalue weighted by molar-refractivity contribution is 1.05. The highest BCUT2D eigenvalue weighted by atomic mass is 14.2. The maximum atomic E-state index is 2.34. The minimum atomic E-state index is 1.10. The van der Waals surface area contributed by atoms with Gasteiger partial charge in [-0.25, -0.2) is 0 Å². The molecule has 48 heavy (non-hydrogen) atoms. The summed E-state index contributed by atoms with van der Waals surface area (Å²) in [6, 6.07) is 60.3. The van der Waals surface area contributed by atoms with Gasteiger partial charge in [0.1, 0.15) is 0 Å². The van der Waals surface area contributed by atoms with Gasteiger partial charge in [0.2, 0.25) is 0 Å². The maximum absolute atomic E-state index is 2.34. The summed E-state index contributed by atoms with van der Waals surface area (Å²) in [5.74, 6) is 0. The molecule has 8 aromatic rings. The van der Waals surface area contributed by atoms with E-state index in [0.29, 0.717) is 0 Å². The zero-order chi connectivity index (χ0) is 31.9. The second-order valence-corrected chi connectivity index (χ2v) is 12.8. The Labute approximate surface area is 282 Å². The van der Waals surface area contributed by atoms with Crippen LogP contribution in [0.25, 0.3) is 82.4 Å². The molecule has 0 fully saturated rings. The van der Waals surface area contributed by atoms with Crippen molar-refractivity contribution in [2.45, 2.75) is 12.8 Å². The topological polar surface area (TPSA) is 0 Å². The molecule has 0 aromatic heterocycles. The predicted octanol–water partition coefficient (Wildman–Crippen LogP) is 13.5. The van der Waals surface area contributed by atoms with E-state index in [9.17, 15) is 0 Å². The van der Waals surface area contributed by atoms with Crippen LogP contribution in [0.4, 0.5) is 0 Å². The minimum Gasteiger partial charge on any atom is -0.0842 e. The summed E-state index contributed by atoms with van der Waals surface area (Å²) in [4.78, 5) is 0. The highest BCUT2D eigenvalue weighted by Crippen LogP contribution is 2.44. The van der Waals surface area contributed by atoms with Crippen molar-refractivity contribution in [1.29, 1.82) is 0 Å². The van der Waals surface area contributed by atoms with Gasteiger partial charge in [-0.1, -0.05) is 176 Å². The highest BCUT2D eigenvalue weighted by Gasteiger charge is 2.17. The molecule has 0 bridgehead atoms. The van der Waals surface area contributed by atoms with Gasteiger partial charge in [-0.15, -0.1) is 0 Å². The average Bonchev–Trinajstić information content (AvgIpc) is 3.17. The van der Waals surface area contributed by atoms with E-state index in [1.54, 1.807) is 0 Å². The van der Waals surface area contributed by atoms with Crippen LogP contribution in [0.15, 0.2) is 182 Å². The Balaban J connectivity index is 1.15. The molecule has 0 N–H and O–H groups in total. The minimum absolute atomic E-state index is 1.10. The number of hydrogen-bond donors (Lipinski definition) is 0. The Bertz CT molecular complexity index is 2460. The Kier molecular flexibility index (Phi) is 7.06. The summed E-state index contributed by atoms with van der Waals surface area (Å²) < 4.78 is 0. The molecule has 0 saturated heterocycles.